The molecule has 1 amide bonds. The molecule has 1 rings (SSSR count). The van der Waals surface area contributed by atoms with E-state index in [1.54, 1.807) is 6.20 Å². The molecular weight excluding hydrogens is 204 g/mol. The van der Waals surface area contributed by atoms with Gasteiger partial charge < -0.3 is 4.74 Å². The zero-order valence-corrected chi connectivity index (χ0v) is 10.4. The van der Waals surface area contributed by atoms with Gasteiger partial charge in [-0.3, -0.25) is 10.3 Å². The Kier molecular flexibility index (Phi) is 3.52. The molecule has 0 spiro atoms. The van der Waals surface area contributed by atoms with Crippen molar-refractivity contribution in [2.24, 2.45) is 0 Å². The molecule has 0 unspecified atom stereocenters. The lowest BCUT2D eigenvalue weighted by Crippen LogP contribution is -2.27. The first-order valence-electron chi connectivity index (χ1n) is 5.21. The van der Waals surface area contributed by atoms with Gasteiger partial charge in [-0.25, -0.2) is 4.79 Å². The summed E-state index contributed by atoms with van der Waals surface area (Å²) in [5.74, 6) is 0. The van der Waals surface area contributed by atoms with Gasteiger partial charge in [0.15, 0.2) is 0 Å². The van der Waals surface area contributed by atoms with Crippen LogP contribution in [0.2, 0.25) is 0 Å². The number of carbonyl (C=O) groups excluding carboxylic acids is 1. The average Bonchev–Trinajstić information content (AvgIpc) is 2.08. The van der Waals surface area contributed by atoms with Crippen LogP contribution in [0.25, 0.3) is 0 Å². The van der Waals surface area contributed by atoms with Crippen molar-refractivity contribution in [2.45, 2.75) is 40.2 Å². The second-order valence-electron chi connectivity index (χ2n) is 4.77. The lowest BCUT2D eigenvalue weighted by atomic mass is 10.2. The molecule has 0 atom stereocenters. The summed E-state index contributed by atoms with van der Waals surface area (Å²) in [5.41, 5.74) is 1.97. The predicted molar refractivity (Wildman–Crippen MR) is 63.6 cm³/mol. The van der Waals surface area contributed by atoms with Gasteiger partial charge in [0.1, 0.15) is 5.60 Å². The van der Waals surface area contributed by atoms with Crippen LogP contribution in [0.15, 0.2) is 12.3 Å². The van der Waals surface area contributed by atoms with Crippen molar-refractivity contribution in [1.29, 1.82) is 0 Å². The van der Waals surface area contributed by atoms with E-state index in [0.717, 1.165) is 11.3 Å². The highest BCUT2D eigenvalue weighted by molar-refractivity contribution is 5.85. The van der Waals surface area contributed by atoms with Crippen LogP contribution < -0.4 is 5.32 Å². The summed E-state index contributed by atoms with van der Waals surface area (Å²) in [6, 6.07) is 1.87. The summed E-state index contributed by atoms with van der Waals surface area (Å²) in [6.45, 7) is 9.24. The van der Waals surface area contributed by atoms with Crippen LogP contribution in [0.5, 0.6) is 0 Å². The van der Waals surface area contributed by atoms with Crippen LogP contribution >= 0.6 is 0 Å². The number of rotatable bonds is 1. The average molecular weight is 222 g/mol. The van der Waals surface area contributed by atoms with E-state index >= 15 is 0 Å². The first kappa shape index (κ1) is 12.5. The van der Waals surface area contributed by atoms with E-state index in [2.05, 4.69) is 10.3 Å². The quantitative estimate of drug-likeness (QED) is 0.794. The van der Waals surface area contributed by atoms with Crippen LogP contribution in [-0.2, 0) is 4.74 Å². The number of aromatic nitrogens is 1. The molecule has 1 N–H and O–H groups in total. The normalized spacial score (nSPS) is 11.1. The van der Waals surface area contributed by atoms with E-state index in [1.165, 1.54) is 0 Å². The van der Waals surface area contributed by atoms with E-state index in [0.29, 0.717) is 5.69 Å². The Hall–Kier alpha value is -1.58. The number of carbonyl (C=O) groups is 1. The number of aryl methyl sites for hydroxylation is 2. The largest absolute Gasteiger partial charge is 0.444 e. The van der Waals surface area contributed by atoms with Gasteiger partial charge in [0.25, 0.3) is 0 Å². The third-order valence-corrected chi connectivity index (χ3v) is 1.86. The van der Waals surface area contributed by atoms with Crippen LogP contribution in [0.1, 0.15) is 32.0 Å². The molecule has 1 aromatic rings. The minimum atomic E-state index is -0.491. The number of nitrogens with one attached hydrogen (secondary N) is 1. The molecule has 1 heterocycles. The summed E-state index contributed by atoms with van der Waals surface area (Å²) < 4.78 is 5.16. The molecule has 4 nitrogen and oxygen atoms in total. The first-order chi connectivity index (χ1) is 7.28. The second-order valence-corrected chi connectivity index (χ2v) is 4.77. The lowest BCUT2D eigenvalue weighted by Gasteiger charge is -2.20. The molecule has 0 aliphatic rings. The lowest BCUT2D eigenvalue weighted by molar-refractivity contribution is 0.0635. The van der Waals surface area contributed by atoms with Crippen molar-refractivity contribution in [3.63, 3.8) is 0 Å². The number of hydrogen-bond donors (Lipinski definition) is 1. The molecule has 0 radical (unpaired) electrons. The van der Waals surface area contributed by atoms with Crippen LogP contribution in [0.3, 0.4) is 0 Å². The van der Waals surface area contributed by atoms with Crippen molar-refractivity contribution < 1.29 is 9.53 Å². The topological polar surface area (TPSA) is 51.2 Å². The van der Waals surface area contributed by atoms with Gasteiger partial charge in [0, 0.05) is 6.20 Å². The number of nitrogens with zero attached hydrogens (tertiary/aromatic N) is 1. The van der Waals surface area contributed by atoms with Gasteiger partial charge in [-0.1, -0.05) is 0 Å². The van der Waals surface area contributed by atoms with E-state index < -0.39 is 11.7 Å². The van der Waals surface area contributed by atoms with Gasteiger partial charge >= 0.3 is 6.09 Å². The van der Waals surface area contributed by atoms with Crippen LogP contribution in [-0.4, -0.2) is 16.7 Å². The van der Waals surface area contributed by atoms with Gasteiger partial charge in [-0.2, -0.15) is 0 Å². The van der Waals surface area contributed by atoms with Crippen molar-refractivity contribution in [2.75, 3.05) is 5.32 Å². The van der Waals surface area contributed by atoms with Crippen molar-refractivity contribution >= 4 is 11.8 Å². The van der Waals surface area contributed by atoms with Crippen molar-refractivity contribution in [3.05, 3.63) is 23.5 Å². The Labute approximate surface area is 96.0 Å². The monoisotopic (exact) mass is 222 g/mol. The summed E-state index contributed by atoms with van der Waals surface area (Å²) >= 11 is 0. The minimum absolute atomic E-state index is 0.456. The number of ether oxygens (including phenoxy) is 1. The molecule has 0 aromatic carbocycles. The van der Waals surface area contributed by atoms with Gasteiger partial charge in [0.05, 0.1) is 11.4 Å². The summed E-state index contributed by atoms with van der Waals surface area (Å²) in [6.07, 6.45) is 1.30. The molecule has 0 saturated heterocycles. The van der Waals surface area contributed by atoms with Gasteiger partial charge in [-0.05, 0) is 46.2 Å². The molecule has 0 bridgehead atoms. The zero-order valence-electron chi connectivity index (χ0n) is 10.4. The van der Waals surface area contributed by atoms with E-state index in [4.69, 9.17) is 4.74 Å². The number of amides is 1. The first-order valence-corrected chi connectivity index (χ1v) is 5.21. The van der Waals surface area contributed by atoms with Gasteiger partial charge in [-0.15, -0.1) is 0 Å². The molecule has 0 fully saturated rings. The highest BCUT2D eigenvalue weighted by Gasteiger charge is 2.16. The maximum atomic E-state index is 11.5. The highest BCUT2D eigenvalue weighted by atomic mass is 16.6. The fourth-order valence-corrected chi connectivity index (χ4v) is 1.18. The van der Waals surface area contributed by atoms with Gasteiger partial charge in [0.2, 0.25) is 0 Å². The number of anilines is 1. The number of pyridine rings is 1. The Bertz CT molecular complexity index is 394. The maximum absolute atomic E-state index is 11.5. The summed E-state index contributed by atoms with van der Waals surface area (Å²) in [7, 11) is 0. The molecule has 88 valence electrons. The molecule has 0 aliphatic heterocycles. The molecule has 16 heavy (non-hydrogen) atoms. The Morgan fingerprint density at radius 2 is 2.00 bits per heavy atom. The number of hydrogen-bond acceptors (Lipinski definition) is 3. The van der Waals surface area contributed by atoms with Crippen LogP contribution in [0.4, 0.5) is 10.5 Å². The molecule has 0 aliphatic carbocycles. The molecular formula is C12H18N2O2. The van der Waals surface area contributed by atoms with E-state index in [1.807, 2.05) is 40.7 Å². The Morgan fingerprint density at radius 1 is 1.38 bits per heavy atom. The van der Waals surface area contributed by atoms with E-state index in [-0.39, 0.29) is 0 Å². The smallest absolute Gasteiger partial charge is 0.412 e. The third kappa shape index (κ3) is 3.88. The molecule has 0 saturated carbocycles. The minimum Gasteiger partial charge on any atom is -0.444 e. The highest BCUT2D eigenvalue weighted by Crippen LogP contribution is 2.15. The summed E-state index contributed by atoms with van der Waals surface area (Å²) in [5, 5.41) is 2.68. The fourth-order valence-electron chi connectivity index (χ4n) is 1.18. The standard InChI is InChI=1S/C12H18N2O2/c1-8-6-10(9(2)13-7-8)14-11(15)16-12(3,4)5/h6-7H,1-5H3,(H,14,15). The Balaban J connectivity index is 2.73. The van der Waals surface area contributed by atoms with Crippen LogP contribution in [0, 0.1) is 13.8 Å². The molecule has 1 aromatic heterocycles. The maximum Gasteiger partial charge on any atom is 0.412 e. The zero-order chi connectivity index (χ0) is 12.3. The third-order valence-electron chi connectivity index (χ3n) is 1.86. The Morgan fingerprint density at radius 3 is 2.56 bits per heavy atom. The molecule has 4 heteroatoms. The summed E-state index contributed by atoms with van der Waals surface area (Å²) in [4.78, 5) is 15.7. The fraction of sp³-hybridized carbons (Fsp3) is 0.500. The van der Waals surface area contributed by atoms with E-state index in [9.17, 15) is 4.79 Å². The SMILES string of the molecule is Cc1cnc(C)c(NC(=O)OC(C)(C)C)c1. The second kappa shape index (κ2) is 4.51. The van der Waals surface area contributed by atoms with Crippen molar-refractivity contribution in [1.82, 2.24) is 4.98 Å². The van der Waals surface area contributed by atoms with Crippen molar-refractivity contribution in [3.8, 4) is 0 Å². The predicted octanol–water partition coefficient (Wildman–Crippen LogP) is 3.05.